The SMILES string of the molecule is O=c1[nH][nH]c(=O)n1-c1ccc(OS(=O)(=O)F)cc1. The van der Waals surface area contributed by atoms with Crippen molar-refractivity contribution >= 4 is 10.5 Å². The van der Waals surface area contributed by atoms with Crippen LogP contribution in [0.3, 0.4) is 0 Å². The van der Waals surface area contributed by atoms with Gasteiger partial charge in [0, 0.05) is 0 Å². The topological polar surface area (TPSA) is 114 Å². The van der Waals surface area contributed by atoms with E-state index in [1.165, 1.54) is 12.1 Å². The molecule has 0 aliphatic rings. The Morgan fingerprint density at radius 2 is 1.56 bits per heavy atom. The summed E-state index contributed by atoms with van der Waals surface area (Å²) in [6, 6.07) is 4.66. The first-order valence-corrected chi connectivity index (χ1v) is 5.82. The molecule has 0 saturated heterocycles. The second-order valence-electron chi connectivity index (χ2n) is 3.17. The molecule has 0 aliphatic heterocycles. The van der Waals surface area contributed by atoms with Gasteiger partial charge in [0.05, 0.1) is 5.69 Å². The monoisotopic (exact) mass is 275 g/mol. The molecule has 0 radical (unpaired) electrons. The van der Waals surface area contributed by atoms with E-state index in [2.05, 4.69) is 14.4 Å². The Hall–Kier alpha value is -2.36. The minimum Gasteiger partial charge on any atom is -0.358 e. The Balaban J connectivity index is 2.40. The van der Waals surface area contributed by atoms with Gasteiger partial charge in [-0.2, -0.15) is 8.42 Å². The average molecular weight is 275 g/mol. The van der Waals surface area contributed by atoms with Crippen LogP contribution in [0.15, 0.2) is 33.9 Å². The summed E-state index contributed by atoms with van der Waals surface area (Å²) in [5, 5.41) is 4.14. The van der Waals surface area contributed by atoms with Gasteiger partial charge in [-0.1, -0.05) is 3.89 Å². The number of hydrogen-bond acceptors (Lipinski definition) is 5. The second-order valence-corrected chi connectivity index (χ2v) is 4.12. The van der Waals surface area contributed by atoms with E-state index in [0.29, 0.717) is 0 Å². The maximum absolute atomic E-state index is 12.2. The number of aromatic amines is 2. The van der Waals surface area contributed by atoms with E-state index in [4.69, 9.17) is 0 Å². The van der Waals surface area contributed by atoms with Crippen LogP contribution in [0, 0.1) is 0 Å². The summed E-state index contributed by atoms with van der Waals surface area (Å²) in [6.45, 7) is 0. The second kappa shape index (κ2) is 4.14. The Bertz CT molecular complexity index is 743. The van der Waals surface area contributed by atoms with E-state index in [9.17, 15) is 21.9 Å². The minimum atomic E-state index is -5.10. The lowest BCUT2D eigenvalue weighted by Crippen LogP contribution is -2.24. The molecule has 2 aromatic rings. The third-order valence-electron chi connectivity index (χ3n) is 1.97. The summed E-state index contributed by atoms with van der Waals surface area (Å²) in [5.74, 6) is -0.277. The number of aromatic nitrogens is 3. The van der Waals surface area contributed by atoms with E-state index < -0.39 is 21.9 Å². The van der Waals surface area contributed by atoms with Crippen molar-refractivity contribution in [2.45, 2.75) is 0 Å². The van der Waals surface area contributed by atoms with Crippen molar-refractivity contribution in [3.8, 4) is 11.4 Å². The molecule has 10 heteroatoms. The number of hydrogen-bond donors (Lipinski definition) is 2. The third kappa shape index (κ3) is 2.48. The highest BCUT2D eigenvalue weighted by Crippen LogP contribution is 2.15. The lowest BCUT2D eigenvalue weighted by Gasteiger charge is -2.01. The predicted molar refractivity (Wildman–Crippen MR) is 57.7 cm³/mol. The van der Waals surface area contributed by atoms with E-state index in [1.807, 2.05) is 0 Å². The molecule has 1 aromatic carbocycles. The van der Waals surface area contributed by atoms with Gasteiger partial charge in [0.1, 0.15) is 5.75 Å². The van der Waals surface area contributed by atoms with Crippen LogP contribution in [-0.4, -0.2) is 23.2 Å². The van der Waals surface area contributed by atoms with E-state index in [-0.39, 0.29) is 11.4 Å². The van der Waals surface area contributed by atoms with Crippen LogP contribution in [-0.2, 0) is 10.5 Å². The van der Waals surface area contributed by atoms with Crippen LogP contribution in [0.25, 0.3) is 5.69 Å². The largest absolute Gasteiger partial charge is 0.488 e. The number of benzene rings is 1. The fourth-order valence-electron chi connectivity index (χ4n) is 1.31. The highest BCUT2D eigenvalue weighted by atomic mass is 32.3. The van der Waals surface area contributed by atoms with Crippen LogP contribution in [0.4, 0.5) is 3.89 Å². The molecule has 0 unspecified atom stereocenters. The van der Waals surface area contributed by atoms with Crippen molar-refractivity contribution < 1.29 is 16.5 Å². The molecule has 2 rings (SSSR count). The first-order valence-electron chi connectivity index (χ1n) is 4.51. The molecular formula is C8H6FN3O5S. The lowest BCUT2D eigenvalue weighted by molar-refractivity contribution is 0.440. The van der Waals surface area contributed by atoms with Gasteiger partial charge in [0.15, 0.2) is 0 Å². The van der Waals surface area contributed by atoms with Crippen molar-refractivity contribution in [1.29, 1.82) is 0 Å². The summed E-state index contributed by atoms with van der Waals surface area (Å²) in [4.78, 5) is 22.5. The normalized spacial score (nSPS) is 11.4. The molecule has 0 amide bonds. The Kier molecular flexibility index (Phi) is 2.79. The summed E-state index contributed by atoms with van der Waals surface area (Å²) >= 11 is 0. The number of halogens is 1. The summed E-state index contributed by atoms with van der Waals surface area (Å²) < 4.78 is 37.4. The van der Waals surface area contributed by atoms with Gasteiger partial charge in [-0.3, -0.25) is 0 Å². The fraction of sp³-hybridized carbons (Fsp3) is 0. The van der Waals surface area contributed by atoms with Crippen LogP contribution >= 0.6 is 0 Å². The molecule has 0 aliphatic carbocycles. The van der Waals surface area contributed by atoms with Gasteiger partial charge in [0.25, 0.3) is 0 Å². The Labute approximate surface area is 99.0 Å². The first kappa shape index (κ1) is 12.1. The zero-order chi connectivity index (χ0) is 13.3. The molecule has 2 N–H and O–H groups in total. The maximum atomic E-state index is 12.2. The number of nitrogens with one attached hydrogen (secondary N) is 2. The quantitative estimate of drug-likeness (QED) is 0.729. The predicted octanol–water partition coefficient (Wildman–Crippen LogP) is -0.553. The van der Waals surface area contributed by atoms with Gasteiger partial charge in [-0.15, -0.1) is 0 Å². The summed E-state index contributed by atoms with van der Waals surface area (Å²) in [5.41, 5.74) is -1.20. The highest BCUT2D eigenvalue weighted by molar-refractivity contribution is 7.81. The number of nitrogens with zero attached hydrogens (tertiary/aromatic N) is 1. The van der Waals surface area contributed by atoms with Gasteiger partial charge < -0.3 is 4.18 Å². The van der Waals surface area contributed by atoms with Gasteiger partial charge in [0.2, 0.25) is 0 Å². The standard InChI is InChI=1S/C8H6FN3O5S/c9-18(15,16)17-6-3-1-5(2-4-6)12-7(13)10-11-8(12)14/h1-4H,(H,10,13)(H,11,14). The average Bonchev–Trinajstić information content (AvgIpc) is 2.58. The van der Waals surface area contributed by atoms with E-state index >= 15 is 0 Å². The molecule has 1 aromatic heterocycles. The van der Waals surface area contributed by atoms with Crippen molar-refractivity contribution in [2.24, 2.45) is 0 Å². The van der Waals surface area contributed by atoms with Gasteiger partial charge in [-0.05, 0) is 24.3 Å². The summed E-state index contributed by atoms with van der Waals surface area (Å²) in [7, 11) is -5.10. The Morgan fingerprint density at radius 1 is 1.06 bits per heavy atom. The molecule has 18 heavy (non-hydrogen) atoms. The highest BCUT2D eigenvalue weighted by Gasteiger charge is 2.10. The van der Waals surface area contributed by atoms with Crippen LogP contribution in [0.2, 0.25) is 0 Å². The third-order valence-corrected chi connectivity index (χ3v) is 2.36. The van der Waals surface area contributed by atoms with Crippen molar-refractivity contribution in [1.82, 2.24) is 14.8 Å². The summed E-state index contributed by atoms with van der Waals surface area (Å²) in [6.07, 6.45) is 0. The number of H-pyrrole nitrogens is 2. The molecule has 0 spiro atoms. The van der Waals surface area contributed by atoms with Crippen molar-refractivity contribution in [3.05, 3.63) is 45.2 Å². The fourth-order valence-corrected chi connectivity index (χ4v) is 1.65. The lowest BCUT2D eigenvalue weighted by atomic mass is 10.3. The van der Waals surface area contributed by atoms with Gasteiger partial charge >= 0.3 is 21.9 Å². The minimum absolute atomic E-state index is 0.172. The molecule has 8 nitrogen and oxygen atoms in total. The zero-order valence-electron chi connectivity index (χ0n) is 8.58. The number of rotatable bonds is 3. The van der Waals surface area contributed by atoms with Crippen LogP contribution in [0.1, 0.15) is 0 Å². The van der Waals surface area contributed by atoms with Crippen molar-refractivity contribution in [3.63, 3.8) is 0 Å². The molecule has 1 heterocycles. The zero-order valence-corrected chi connectivity index (χ0v) is 9.40. The van der Waals surface area contributed by atoms with E-state index in [1.54, 1.807) is 0 Å². The van der Waals surface area contributed by atoms with Crippen LogP contribution < -0.4 is 15.6 Å². The van der Waals surface area contributed by atoms with Gasteiger partial charge in [-0.25, -0.2) is 24.4 Å². The van der Waals surface area contributed by atoms with Crippen LogP contribution in [0.5, 0.6) is 5.75 Å². The maximum Gasteiger partial charge on any atom is 0.488 e. The first-order chi connectivity index (χ1) is 8.37. The molecule has 0 bridgehead atoms. The Morgan fingerprint density at radius 3 is 2.00 bits per heavy atom. The molecule has 0 saturated carbocycles. The van der Waals surface area contributed by atoms with E-state index in [0.717, 1.165) is 16.7 Å². The smallest absolute Gasteiger partial charge is 0.358 e. The molecule has 96 valence electrons. The molecule has 0 fully saturated rings. The molecule has 0 atom stereocenters. The van der Waals surface area contributed by atoms with Crippen molar-refractivity contribution in [2.75, 3.05) is 0 Å². The molecular weight excluding hydrogens is 269 g/mol.